The van der Waals surface area contributed by atoms with Crippen molar-refractivity contribution in [1.29, 1.82) is 0 Å². The van der Waals surface area contributed by atoms with E-state index in [2.05, 4.69) is 32.8 Å². The van der Waals surface area contributed by atoms with Crippen molar-refractivity contribution in [3.63, 3.8) is 0 Å². The molecular weight excluding hydrogens is 398 g/mol. The smallest absolute Gasteiger partial charge is 0.320 e. The molecule has 0 unspecified atom stereocenters. The molecule has 0 fully saturated rings. The topological polar surface area (TPSA) is 96.0 Å². The average Bonchev–Trinajstić information content (AvgIpc) is 3.25. The van der Waals surface area contributed by atoms with Crippen molar-refractivity contribution in [2.45, 2.75) is 26.7 Å². The number of amides is 3. The second-order valence-corrected chi connectivity index (χ2v) is 7.47. The SMILES string of the molecule is CCCCNC(=O)c1csc(-c2cnc(NC(=O)NCC)cc2-c2ccccc2)n1. The molecule has 0 bridgehead atoms. The maximum Gasteiger partial charge on any atom is 0.320 e. The number of nitrogens with one attached hydrogen (secondary N) is 3. The maximum atomic E-state index is 12.3. The number of rotatable bonds is 8. The lowest BCUT2D eigenvalue weighted by Gasteiger charge is -2.11. The molecule has 0 radical (unpaired) electrons. The Morgan fingerprint density at radius 3 is 2.60 bits per heavy atom. The van der Waals surface area contributed by atoms with Crippen molar-refractivity contribution in [3.05, 3.63) is 53.7 Å². The fraction of sp³-hybridized carbons (Fsp3) is 0.273. The van der Waals surface area contributed by atoms with Gasteiger partial charge in [0, 0.05) is 30.2 Å². The van der Waals surface area contributed by atoms with E-state index in [4.69, 9.17) is 0 Å². The van der Waals surface area contributed by atoms with E-state index in [0.717, 1.165) is 29.5 Å². The van der Waals surface area contributed by atoms with Gasteiger partial charge in [-0.15, -0.1) is 11.3 Å². The summed E-state index contributed by atoms with van der Waals surface area (Å²) >= 11 is 1.40. The molecule has 0 saturated carbocycles. The number of hydrogen-bond acceptors (Lipinski definition) is 5. The molecule has 8 heteroatoms. The van der Waals surface area contributed by atoms with Crippen LogP contribution in [0.15, 0.2) is 48.0 Å². The van der Waals surface area contributed by atoms with Gasteiger partial charge >= 0.3 is 6.03 Å². The molecule has 0 spiro atoms. The Kier molecular flexibility index (Phi) is 7.51. The van der Waals surface area contributed by atoms with Crippen LogP contribution in [0.3, 0.4) is 0 Å². The van der Waals surface area contributed by atoms with E-state index in [0.29, 0.717) is 29.6 Å². The van der Waals surface area contributed by atoms with Gasteiger partial charge in [-0.25, -0.2) is 14.8 Å². The molecule has 156 valence electrons. The third kappa shape index (κ3) is 5.42. The predicted molar refractivity (Wildman–Crippen MR) is 121 cm³/mol. The zero-order valence-corrected chi connectivity index (χ0v) is 17.9. The molecule has 1 aromatic carbocycles. The lowest BCUT2D eigenvalue weighted by molar-refractivity contribution is 0.0949. The molecular formula is C22H25N5O2S. The maximum absolute atomic E-state index is 12.3. The highest BCUT2D eigenvalue weighted by molar-refractivity contribution is 7.13. The van der Waals surface area contributed by atoms with Crippen LogP contribution in [0, 0.1) is 0 Å². The molecule has 2 aromatic heterocycles. The van der Waals surface area contributed by atoms with Crippen molar-refractivity contribution in [2.75, 3.05) is 18.4 Å². The van der Waals surface area contributed by atoms with E-state index >= 15 is 0 Å². The minimum absolute atomic E-state index is 0.172. The van der Waals surface area contributed by atoms with Crippen molar-refractivity contribution in [1.82, 2.24) is 20.6 Å². The van der Waals surface area contributed by atoms with Crippen LogP contribution < -0.4 is 16.0 Å². The van der Waals surface area contributed by atoms with E-state index in [1.165, 1.54) is 11.3 Å². The number of nitrogens with zero attached hydrogens (tertiary/aromatic N) is 2. The van der Waals surface area contributed by atoms with E-state index in [1.54, 1.807) is 11.6 Å². The molecule has 0 aliphatic heterocycles. The number of urea groups is 1. The number of hydrogen-bond donors (Lipinski definition) is 3. The summed E-state index contributed by atoms with van der Waals surface area (Å²) in [7, 11) is 0. The fourth-order valence-electron chi connectivity index (χ4n) is 2.84. The van der Waals surface area contributed by atoms with Crippen LogP contribution in [-0.4, -0.2) is 35.0 Å². The van der Waals surface area contributed by atoms with Crippen LogP contribution in [0.4, 0.5) is 10.6 Å². The number of aromatic nitrogens is 2. The number of carbonyl (C=O) groups excluding carboxylic acids is 2. The number of anilines is 1. The number of thiazole rings is 1. The zero-order valence-electron chi connectivity index (χ0n) is 17.1. The Labute approximate surface area is 180 Å². The largest absolute Gasteiger partial charge is 0.351 e. The minimum Gasteiger partial charge on any atom is -0.351 e. The molecule has 30 heavy (non-hydrogen) atoms. The first kappa shape index (κ1) is 21.4. The molecule has 0 saturated heterocycles. The summed E-state index contributed by atoms with van der Waals surface area (Å²) < 4.78 is 0. The molecule has 3 aromatic rings. The van der Waals surface area contributed by atoms with Crippen LogP contribution in [-0.2, 0) is 0 Å². The molecule has 0 aliphatic rings. The third-order valence-corrected chi connectivity index (χ3v) is 5.23. The number of benzene rings is 1. The zero-order chi connectivity index (χ0) is 21.3. The molecule has 3 amide bonds. The van der Waals surface area contributed by atoms with Crippen molar-refractivity contribution in [3.8, 4) is 21.7 Å². The number of carbonyl (C=O) groups is 2. The Morgan fingerprint density at radius 1 is 1.07 bits per heavy atom. The summed E-state index contributed by atoms with van der Waals surface area (Å²) in [6, 6.07) is 11.3. The van der Waals surface area contributed by atoms with Gasteiger partial charge in [0.15, 0.2) is 0 Å². The predicted octanol–water partition coefficient (Wildman–Crippen LogP) is 4.54. The average molecular weight is 424 g/mol. The van der Waals surface area contributed by atoms with Gasteiger partial charge in [0.05, 0.1) is 0 Å². The van der Waals surface area contributed by atoms with Crippen LogP contribution in [0.5, 0.6) is 0 Å². The lowest BCUT2D eigenvalue weighted by Crippen LogP contribution is -2.28. The quantitative estimate of drug-likeness (QED) is 0.463. The monoisotopic (exact) mass is 423 g/mol. The first-order valence-corrected chi connectivity index (χ1v) is 10.8. The minimum atomic E-state index is -0.308. The molecule has 0 atom stereocenters. The van der Waals surface area contributed by atoms with E-state index < -0.39 is 0 Å². The Balaban J connectivity index is 1.92. The van der Waals surface area contributed by atoms with Crippen LogP contribution in [0.2, 0.25) is 0 Å². The number of pyridine rings is 1. The van der Waals surface area contributed by atoms with Gasteiger partial charge in [0.1, 0.15) is 16.5 Å². The summed E-state index contributed by atoms with van der Waals surface area (Å²) in [4.78, 5) is 33.1. The summed E-state index contributed by atoms with van der Waals surface area (Å²) in [6.45, 7) is 5.09. The highest BCUT2D eigenvalue weighted by atomic mass is 32.1. The van der Waals surface area contributed by atoms with Gasteiger partial charge in [-0.1, -0.05) is 43.7 Å². The van der Waals surface area contributed by atoms with Gasteiger partial charge in [-0.2, -0.15) is 0 Å². The summed E-state index contributed by atoms with van der Waals surface area (Å²) in [6.07, 6.45) is 3.64. The fourth-order valence-corrected chi connectivity index (χ4v) is 3.67. The highest BCUT2D eigenvalue weighted by Gasteiger charge is 2.16. The first-order valence-electron chi connectivity index (χ1n) is 9.96. The standard InChI is InChI=1S/C22H25N5O2S/c1-3-5-11-24-20(28)18-14-30-21(26-18)17-13-25-19(27-22(29)23-4-2)12-16(17)15-9-7-6-8-10-15/h6-10,12-14H,3-5,11H2,1-2H3,(H,24,28)(H2,23,25,27,29). The van der Waals surface area contributed by atoms with Crippen LogP contribution in [0.25, 0.3) is 21.7 Å². The third-order valence-electron chi connectivity index (χ3n) is 4.35. The molecule has 0 aliphatic carbocycles. The number of unbranched alkanes of at least 4 members (excludes halogenated alkanes) is 1. The Hall–Kier alpha value is -3.26. The summed E-state index contributed by atoms with van der Waals surface area (Å²) in [5, 5.41) is 10.8. The van der Waals surface area contributed by atoms with Gasteiger partial charge in [0.2, 0.25) is 0 Å². The van der Waals surface area contributed by atoms with Gasteiger partial charge in [0.25, 0.3) is 5.91 Å². The van der Waals surface area contributed by atoms with Crippen molar-refractivity contribution < 1.29 is 9.59 Å². The molecule has 2 heterocycles. The molecule has 7 nitrogen and oxygen atoms in total. The second kappa shape index (κ2) is 10.5. The van der Waals surface area contributed by atoms with Gasteiger partial charge in [-0.3, -0.25) is 10.1 Å². The van der Waals surface area contributed by atoms with Gasteiger partial charge in [-0.05, 0) is 30.5 Å². The van der Waals surface area contributed by atoms with E-state index in [9.17, 15) is 9.59 Å². The van der Waals surface area contributed by atoms with Crippen molar-refractivity contribution in [2.24, 2.45) is 0 Å². The molecule has 3 N–H and O–H groups in total. The van der Waals surface area contributed by atoms with E-state index in [-0.39, 0.29) is 11.9 Å². The first-order chi connectivity index (χ1) is 14.6. The summed E-state index contributed by atoms with van der Waals surface area (Å²) in [5.74, 6) is 0.271. The Bertz CT molecular complexity index is 1000. The second-order valence-electron chi connectivity index (χ2n) is 6.61. The van der Waals surface area contributed by atoms with Crippen LogP contribution in [0.1, 0.15) is 37.2 Å². The van der Waals surface area contributed by atoms with Crippen LogP contribution >= 0.6 is 11.3 Å². The highest BCUT2D eigenvalue weighted by Crippen LogP contribution is 2.34. The van der Waals surface area contributed by atoms with Crippen molar-refractivity contribution >= 4 is 29.1 Å². The lowest BCUT2D eigenvalue weighted by atomic mass is 10.0. The normalized spacial score (nSPS) is 10.5. The summed E-state index contributed by atoms with van der Waals surface area (Å²) in [5.41, 5.74) is 3.05. The van der Waals surface area contributed by atoms with E-state index in [1.807, 2.05) is 43.3 Å². The Morgan fingerprint density at radius 2 is 1.87 bits per heavy atom. The molecule has 3 rings (SSSR count). The van der Waals surface area contributed by atoms with Gasteiger partial charge < -0.3 is 10.6 Å².